The number of halogens is 1. The minimum atomic E-state index is -3.38. The quantitative estimate of drug-likeness (QED) is 0.894. The highest BCUT2D eigenvalue weighted by atomic mass is 79.9. The van der Waals surface area contributed by atoms with Crippen molar-refractivity contribution in [2.24, 2.45) is 11.3 Å². The lowest BCUT2D eigenvalue weighted by molar-refractivity contribution is 0.263. The van der Waals surface area contributed by atoms with Gasteiger partial charge >= 0.3 is 0 Å². The third-order valence-corrected chi connectivity index (χ3v) is 7.19. The number of hydrogen-bond acceptors (Lipinski definition) is 3. The smallest absolute Gasteiger partial charge is 0.210 e. The summed E-state index contributed by atoms with van der Waals surface area (Å²) in [5.41, 5.74) is 1.04. The molecule has 0 amide bonds. The summed E-state index contributed by atoms with van der Waals surface area (Å²) in [5.74, 6) is 0.275. The summed E-state index contributed by atoms with van der Waals surface area (Å²) in [4.78, 5) is 0. The van der Waals surface area contributed by atoms with Crippen LogP contribution in [0.4, 0.5) is 0 Å². The molecule has 0 fully saturated rings. The molecule has 0 spiro atoms. The molecular formula is C12H20BrNO2S2. The van der Waals surface area contributed by atoms with Gasteiger partial charge in [-0.15, -0.1) is 11.3 Å². The second-order valence-electron chi connectivity index (χ2n) is 5.64. The Morgan fingerprint density at radius 1 is 1.44 bits per heavy atom. The topological polar surface area (TPSA) is 46.2 Å². The van der Waals surface area contributed by atoms with Gasteiger partial charge in [-0.1, -0.05) is 27.7 Å². The van der Waals surface area contributed by atoms with Crippen molar-refractivity contribution in [3.63, 3.8) is 0 Å². The average molecular weight is 354 g/mol. The van der Waals surface area contributed by atoms with Gasteiger partial charge in [-0.05, 0) is 45.8 Å². The Labute approximate surface area is 122 Å². The van der Waals surface area contributed by atoms with Crippen molar-refractivity contribution in [1.82, 2.24) is 4.72 Å². The number of nitrogens with one attached hydrogen (secondary N) is 1. The van der Waals surface area contributed by atoms with E-state index in [9.17, 15) is 8.42 Å². The number of thiophene rings is 1. The monoisotopic (exact) mass is 353 g/mol. The van der Waals surface area contributed by atoms with Gasteiger partial charge in [-0.3, -0.25) is 0 Å². The first-order valence-corrected chi connectivity index (χ1v) is 8.89. The third kappa shape index (κ3) is 4.05. The highest BCUT2D eigenvalue weighted by molar-refractivity contribution is 9.11. The molecule has 1 heterocycles. The SMILES string of the molecule is Cc1cc(S(=O)(=O)NCC(C)C(C)(C)C)sc1Br. The van der Waals surface area contributed by atoms with Crippen LogP contribution in [0, 0.1) is 18.3 Å². The number of hydrogen-bond donors (Lipinski definition) is 1. The zero-order chi connectivity index (χ0) is 14.1. The van der Waals surface area contributed by atoms with Gasteiger partial charge in [0.1, 0.15) is 4.21 Å². The van der Waals surface area contributed by atoms with Gasteiger partial charge in [0.05, 0.1) is 3.79 Å². The summed E-state index contributed by atoms with van der Waals surface area (Å²) in [6.07, 6.45) is 0. The first-order valence-electron chi connectivity index (χ1n) is 5.79. The Hall–Kier alpha value is 0.0900. The zero-order valence-electron chi connectivity index (χ0n) is 11.4. The van der Waals surface area contributed by atoms with Crippen LogP contribution in [-0.2, 0) is 10.0 Å². The summed E-state index contributed by atoms with van der Waals surface area (Å²) in [7, 11) is -3.38. The molecule has 0 aliphatic carbocycles. The van der Waals surface area contributed by atoms with Crippen LogP contribution in [0.25, 0.3) is 0 Å². The number of aryl methyl sites for hydroxylation is 1. The molecule has 1 aromatic heterocycles. The molecule has 0 aliphatic rings. The Bertz CT molecular complexity index is 495. The van der Waals surface area contributed by atoms with Crippen LogP contribution < -0.4 is 4.72 Å². The first-order chi connectivity index (χ1) is 8.04. The fourth-order valence-electron chi connectivity index (χ4n) is 1.18. The van der Waals surface area contributed by atoms with E-state index in [0.717, 1.165) is 9.35 Å². The Balaban J connectivity index is 2.78. The van der Waals surface area contributed by atoms with Gasteiger partial charge < -0.3 is 0 Å². The molecular weight excluding hydrogens is 334 g/mol. The first kappa shape index (κ1) is 16.1. The van der Waals surface area contributed by atoms with Crippen LogP contribution >= 0.6 is 27.3 Å². The molecule has 0 radical (unpaired) electrons. The maximum atomic E-state index is 12.1. The van der Waals surface area contributed by atoms with E-state index in [4.69, 9.17) is 0 Å². The Morgan fingerprint density at radius 2 is 2.00 bits per heavy atom. The van der Waals surface area contributed by atoms with E-state index in [1.165, 1.54) is 11.3 Å². The second-order valence-corrected chi connectivity index (χ2v) is 10.0. The highest BCUT2D eigenvalue weighted by Gasteiger charge is 2.24. The van der Waals surface area contributed by atoms with Gasteiger partial charge in [0.25, 0.3) is 0 Å². The van der Waals surface area contributed by atoms with E-state index in [1.54, 1.807) is 6.07 Å². The molecule has 0 bridgehead atoms. The van der Waals surface area contributed by atoms with Crippen molar-refractivity contribution in [2.75, 3.05) is 6.54 Å². The predicted molar refractivity (Wildman–Crippen MR) is 80.6 cm³/mol. The van der Waals surface area contributed by atoms with Crippen molar-refractivity contribution < 1.29 is 8.42 Å². The molecule has 6 heteroatoms. The molecule has 1 unspecified atom stereocenters. The lowest BCUT2D eigenvalue weighted by atomic mass is 9.82. The average Bonchev–Trinajstić information content (AvgIpc) is 2.55. The van der Waals surface area contributed by atoms with Gasteiger partial charge in [-0.25, -0.2) is 13.1 Å². The van der Waals surface area contributed by atoms with E-state index in [0.29, 0.717) is 10.8 Å². The number of sulfonamides is 1. The van der Waals surface area contributed by atoms with Crippen molar-refractivity contribution in [2.45, 2.75) is 38.8 Å². The van der Waals surface area contributed by atoms with Crippen molar-refractivity contribution in [1.29, 1.82) is 0 Å². The highest BCUT2D eigenvalue weighted by Crippen LogP contribution is 2.31. The minimum Gasteiger partial charge on any atom is -0.210 e. The predicted octanol–water partition coefficient (Wildman–Crippen LogP) is 3.78. The van der Waals surface area contributed by atoms with Gasteiger partial charge in [0, 0.05) is 6.54 Å². The summed E-state index contributed by atoms with van der Waals surface area (Å²) in [6, 6.07) is 1.69. The second kappa shape index (κ2) is 5.61. The molecule has 0 aromatic carbocycles. The lowest BCUT2D eigenvalue weighted by Crippen LogP contribution is -2.33. The van der Waals surface area contributed by atoms with Gasteiger partial charge in [-0.2, -0.15) is 0 Å². The molecule has 18 heavy (non-hydrogen) atoms. The van der Waals surface area contributed by atoms with E-state index < -0.39 is 10.0 Å². The molecule has 1 aromatic rings. The van der Waals surface area contributed by atoms with Crippen molar-refractivity contribution >= 4 is 37.3 Å². The third-order valence-electron chi connectivity index (χ3n) is 3.16. The standard InChI is InChI=1S/C12H20BrNO2S2/c1-8-6-10(17-11(8)13)18(15,16)14-7-9(2)12(3,4)5/h6,9,14H,7H2,1-5H3. The molecule has 0 aliphatic heterocycles. The molecule has 1 N–H and O–H groups in total. The summed E-state index contributed by atoms with van der Waals surface area (Å²) in [6.45, 7) is 10.7. The van der Waals surface area contributed by atoms with Gasteiger partial charge in [0.15, 0.2) is 0 Å². The molecule has 1 rings (SSSR count). The maximum absolute atomic E-state index is 12.1. The van der Waals surface area contributed by atoms with E-state index in [1.807, 2.05) is 6.92 Å². The van der Waals surface area contributed by atoms with E-state index in [2.05, 4.69) is 48.3 Å². The zero-order valence-corrected chi connectivity index (χ0v) is 14.6. The van der Waals surface area contributed by atoms with Gasteiger partial charge in [0.2, 0.25) is 10.0 Å². The largest absolute Gasteiger partial charge is 0.250 e. The fourth-order valence-corrected chi connectivity index (χ4v) is 4.58. The summed E-state index contributed by atoms with van der Waals surface area (Å²) in [5, 5.41) is 0. The van der Waals surface area contributed by atoms with Crippen LogP contribution in [0.15, 0.2) is 14.1 Å². The summed E-state index contributed by atoms with van der Waals surface area (Å²) >= 11 is 4.59. The molecule has 104 valence electrons. The van der Waals surface area contributed by atoms with E-state index >= 15 is 0 Å². The Kier molecular flexibility index (Phi) is 5.03. The van der Waals surface area contributed by atoms with Crippen LogP contribution in [0.2, 0.25) is 0 Å². The minimum absolute atomic E-state index is 0.0917. The van der Waals surface area contributed by atoms with E-state index in [-0.39, 0.29) is 11.3 Å². The Morgan fingerprint density at radius 3 is 2.39 bits per heavy atom. The molecule has 0 saturated carbocycles. The van der Waals surface area contributed by atoms with Crippen LogP contribution in [0.1, 0.15) is 33.3 Å². The van der Waals surface area contributed by atoms with Crippen LogP contribution in [-0.4, -0.2) is 15.0 Å². The summed E-state index contributed by atoms with van der Waals surface area (Å²) < 4.78 is 28.1. The maximum Gasteiger partial charge on any atom is 0.250 e. The molecule has 1 atom stereocenters. The van der Waals surface area contributed by atoms with Crippen molar-refractivity contribution in [3.8, 4) is 0 Å². The lowest BCUT2D eigenvalue weighted by Gasteiger charge is -2.27. The number of rotatable bonds is 4. The van der Waals surface area contributed by atoms with Crippen molar-refractivity contribution in [3.05, 3.63) is 15.4 Å². The molecule has 0 saturated heterocycles. The normalized spacial score (nSPS) is 14.8. The fraction of sp³-hybridized carbons (Fsp3) is 0.667. The van der Waals surface area contributed by atoms with Crippen LogP contribution in [0.5, 0.6) is 0 Å². The van der Waals surface area contributed by atoms with Crippen LogP contribution in [0.3, 0.4) is 0 Å². The molecule has 3 nitrogen and oxygen atoms in total.